The molecule has 0 saturated carbocycles. The van der Waals surface area contributed by atoms with Crippen LogP contribution in [0.4, 0.5) is 0 Å². The van der Waals surface area contributed by atoms with Crippen LogP contribution in [0.25, 0.3) is 10.9 Å². The highest BCUT2D eigenvalue weighted by molar-refractivity contribution is 5.87. The van der Waals surface area contributed by atoms with Crippen molar-refractivity contribution < 1.29 is 4.74 Å². The summed E-state index contributed by atoms with van der Waals surface area (Å²) in [6.45, 7) is 8.95. The third-order valence-electron chi connectivity index (χ3n) is 4.14. The van der Waals surface area contributed by atoms with Crippen LogP contribution in [-0.4, -0.2) is 9.97 Å². The van der Waals surface area contributed by atoms with Crippen LogP contribution in [0.2, 0.25) is 0 Å². The highest BCUT2D eigenvalue weighted by Gasteiger charge is 2.10. The lowest BCUT2D eigenvalue weighted by molar-refractivity contribution is 0.297. The number of aromatic amines is 1. The number of fused-ring (bicyclic) bond motifs is 1. The summed E-state index contributed by atoms with van der Waals surface area (Å²) < 4.78 is 5.93. The number of pyridine rings is 1. The van der Waals surface area contributed by atoms with E-state index in [1.54, 1.807) is 6.20 Å². The van der Waals surface area contributed by atoms with Crippen molar-refractivity contribution >= 4 is 10.9 Å². The Morgan fingerprint density at radius 1 is 1.05 bits per heavy atom. The number of ether oxygens (including phenoxy) is 1. The Kier molecular flexibility index (Phi) is 3.42. The van der Waals surface area contributed by atoms with Gasteiger partial charge >= 0.3 is 0 Å². The van der Waals surface area contributed by atoms with Crippen molar-refractivity contribution in [1.29, 1.82) is 0 Å². The number of aromatic nitrogens is 2. The first-order valence-corrected chi connectivity index (χ1v) is 7.19. The molecule has 3 nitrogen and oxygen atoms in total. The average molecular weight is 280 g/mol. The van der Waals surface area contributed by atoms with E-state index >= 15 is 0 Å². The number of hydrogen-bond acceptors (Lipinski definition) is 2. The smallest absolute Gasteiger partial charge is 0.238 e. The van der Waals surface area contributed by atoms with Gasteiger partial charge in [-0.15, -0.1) is 0 Å². The largest absolute Gasteiger partial charge is 0.471 e. The Hall–Kier alpha value is -2.29. The second kappa shape index (κ2) is 5.24. The van der Waals surface area contributed by atoms with E-state index in [1.165, 1.54) is 22.1 Å². The summed E-state index contributed by atoms with van der Waals surface area (Å²) in [4.78, 5) is 7.73. The third kappa shape index (κ3) is 2.51. The summed E-state index contributed by atoms with van der Waals surface area (Å²) in [6, 6.07) is 8.43. The standard InChI is InChI=1S/C18H20N2O/c1-11-5-6-15(9-12(11)2)10-21-18-17-16(7-8-19-18)13(3)14(4)20-17/h5-9,20H,10H2,1-4H3. The number of H-pyrrole nitrogens is 1. The van der Waals surface area contributed by atoms with Crippen LogP contribution in [0.1, 0.15) is 27.9 Å². The number of hydrogen-bond donors (Lipinski definition) is 1. The maximum atomic E-state index is 5.93. The molecule has 3 heteroatoms. The number of nitrogens with zero attached hydrogens (tertiary/aromatic N) is 1. The molecule has 0 atom stereocenters. The number of aryl methyl sites for hydroxylation is 4. The zero-order chi connectivity index (χ0) is 15.0. The molecule has 2 heterocycles. The molecule has 1 N–H and O–H groups in total. The van der Waals surface area contributed by atoms with Crippen molar-refractivity contribution in [2.24, 2.45) is 0 Å². The fourth-order valence-corrected chi connectivity index (χ4v) is 2.51. The topological polar surface area (TPSA) is 37.9 Å². The Bertz CT molecular complexity index is 802. The van der Waals surface area contributed by atoms with E-state index in [0.29, 0.717) is 12.5 Å². The summed E-state index contributed by atoms with van der Waals surface area (Å²) in [7, 11) is 0. The minimum atomic E-state index is 0.532. The molecular formula is C18H20N2O. The van der Waals surface area contributed by atoms with E-state index < -0.39 is 0 Å². The summed E-state index contributed by atoms with van der Waals surface area (Å²) in [5, 5.41) is 1.18. The van der Waals surface area contributed by atoms with Gasteiger partial charge in [0.05, 0.1) is 0 Å². The molecule has 1 aromatic carbocycles. The number of benzene rings is 1. The van der Waals surface area contributed by atoms with Gasteiger partial charge in [-0.2, -0.15) is 0 Å². The Labute approximate surface area is 125 Å². The van der Waals surface area contributed by atoms with Crippen LogP contribution in [0.5, 0.6) is 5.88 Å². The fourth-order valence-electron chi connectivity index (χ4n) is 2.51. The highest BCUT2D eigenvalue weighted by atomic mass is 16.5. The average Bonchev–Trinajstić information content (AvgIpc) is 2.76. The van der Waals surface area contributed by atoms with Crippen molar-refractivity contribution in [3.63, 3.8) is 0 Å². The van der Waals surface area contributed by atoms with Crippen molar-refractivity contribution in [1.82, 2.24) is 9.97 Å². The molecule has 0 amide bonds. The summed E-state index contributed by atoms with van der Waals surface area (Å²) in [6.07, 6.45) is 1.80. The van der Waals surface area contributed by atoms with Crippen molar-refractivity contribution in [3.05, 3.63) is 58.4 Å². The highest BCUT2D eigenvalue weighted by Crippen LogP contribution is 2.27. The molecule has 0 aliphatic carbocycles. The molecule has 108 valence electrons. The molecule has 3 aromatic rings. The normalized spacial score (nSPS) is 11.0. The fraction of sp³-hybridized carbons (Fsp3) is 0.278. The Morgan fingerprint density at radius 3 is 2.62 bits per heavy atom. The molecule has 0 saturated heterocycles. The van der Waals surface area contributed by atoms with E-state index in [-0.39, 0.29) is 0 Å². The van der Waals surface area contributed by atoms with Gasteiger partial charge < -0.3 is 9.72 Å². The minimum Gasteiger partial charge on any atom is -0.471 e. The lowest BCUT2D eigenvalue weighted by atomic mass is 10.1. The summed E-state index contributed by atoms with van der Waals surface area (Å²) in [5.74, 6) is 0.668. The van der Waals surface area contributed by atoms with Gasteiger partial charge in [0.1, 0.15) is 12.1 Å². The molecule has 21 heavy (non-hydrogen) atoms. The van der Waals surface area contributed by atoms with E-state index in [0.717, 1.165) is 16.8 Å². The Balaban J connectivity index is 1.88. The second-order valence-corrected chi connectivity index (χ2v) is 5.62. The molecular weight excluding hydrogens is 260 g/mol. The third-order valence-corrected chi connectivity index (χ3v) is 4.14. The number of nitrogens with one attached hydrogen (secondary N) is 1. The minimum absolute atomic E-state index is 0.532. The molecule has 0 bridgehead atoms. The predicted molar refractivity (Wildman–Crippen MR) is 85.8 cm³/mol. The summed E-state index contributed by atoms with van der Waals surface area (Å²) in [5.41, 5.74) is 7.15. The van der Waals surface area contributed by atoms with E-state index in [9.17, 15) is 0 Å². The van der Waals surface area contributed by atoms with Gasteiger partial charge in [0.15, 0.2) is 0 Å². The van der Waals surface area contributed by atoms with Crippen LogP contribution < -0.4 is 4.74 Å². The maximum Gasteiger partial charge on any atom is 0.238 e. The van der Waals surface area contributed by atoms with Gasteiger partial charge in [0, 0.05) is 17.3 Å². The first kappa shape index (κ1) is 13.7. The van der Waals surface area contributed by atoms with Gasteiger partial charge in [-0.1, -0.05) is 18.2 Å². The van der Waals surface area contributed by atoms with Crippen molar-refractivity contribution in [2.75, 3.05) is 0 Å². The molecule has 0 unspecified atom stereocenters. The first-order chi connectivity index (χ1) is 10.1. The van der Waals surface area contributed by atoms with Crippen molar-refractivity contribution in [2.45, 2.75) is 34.3 Å². The van der Waals surface area contributed by atoms with E-state index in [1.807, 2.05) is 6.07 Å². The zero-order valence-corrected chi connectivity index (χ0v) is 12.9. The van der Waals surface area contributed by atoms with Crippen LogP contribution >= 0.6 is 0 Å². The summed E-state index contributed by atoms with van der Waals surface area (Å²) >= 11 is 0. The monoisotopic (exact) mass is 280 g/mol. The van der Waals surface area contributed by atoms with Gasteiger partial charge in [0.25, 0.3) is 0 Å². The molecule has 0 aliphatic rings. The lowest BCUT2D eigenvalue weighted by Crippen LogP contribution is -1.98. The maximum absolute atomic E-state index is 5.93. The van der Waals surface area contributed by atoms with Crippen LogP contribution in [0.3, 0.4) is 0 Å². The molecule has 3 rings (SSSR count). The van der Waals surface area contributed by atoms with Crippen LogP contribution in [0.15, 0.2) is 30.5 Å². The molecule has 0 spiro atoms. The van der Waals surface area contributed by atoms with Crippen LogP contribution in [-0.2, 0) is 6.61 Å². The van der Waals surface area contributed by atoms with Crippen LogP contribution in [0, 0.1) is 27.7 Å². The van der Waals surface area contributed by atoms with Gasteiger partial charge in [-0.05, 0) is 56.0 Å². The molecule has 0 radical (unpaired) electrons. The quantitative estimate of drug-likeness (QED) is 0.773. The number of rotatable bonds is 3. The second-order valence-electron chi connectivity index (χ2n) is 5.62. The SMILES string of the molecule is Cc1ccc(COc2nccc3c(C)c(C)[nH]c23)cc1C. The van der Waals surface area contributed by atoms with Gasteiger partial charge in [-0.3, -0.25) is 0 Å². The lowest BCUT2D eigenvalue weighted by Gasteiger charge is -2.08. The molecule has 2 aromatic heterocycles. The van der Waals surface area contributed by atoms with Crippen molar-refractivity contribution in [3.8, 4) is 5.88 Å². The zero-order valence-electron chi connectivity index (χ0n) is 12.9. The molecule has 0 aliphatic heterocycles. The Morgan fingerprint density at radius 2 is 1.86 bits per heavy atom. The van der Waals surface area contributed by atoms with Gasteiger partial charge in [0.2, 0.25) is 5.88 Å². The van der Waals surface area contributed by atoms with E-state index in [4.69, 9.17) is 4.74 Å². The van der Waals surface area contributed by atoms with E-state index in [2.05, 4.69) is 55.9 Å². The molecule has 0 fully saturated rings. The van der Waals surface area contributed by atoms with Gasteiger partial charge in [-0.25, -0.2) is 4.98 Å². The first-order valence-electron chi connectivity index (χ1n) is 7.19. The predicted octanol–water partition coefficient (Wildman–Crippen LogP) is 4.38.